The number of hydrogen-bond acceptors (Lipinski definition) is 1. The van der Waals surface area contributed by atoms with Gasteiger partial charge in [0.25, 0.3) is 5.91 Å². The number of carbonyl (C=O) groups is 1. The van der Waals surface area contributed by atoms with Gasteiger partial charge in [-0.2, -0.15) is 0 Å². The fourth-order valence-corrected chi connectivity index (χ4v) is 3.21. The van der Waals surface area contributed by atoms with Gasteiger partial charge in [-0.1, -0.05) is 22.0 Å². The summed E-state index contributed by atoms with van der Waals surface area (Å²) in [4.78, 5) is 14.1. The van der Waals surface area contributed by atoms with Gasteiger partial charge >= 0.3 is 0 Å². The van der Waals surface area contributed by atoms with Gasteiger partial charge in [0.2, 0.25) is 0 Å². The Balaban J connectivity index is 2.10. The topological polar surface area (TPSA) is 20.3 Å². The maximum Gasteiger partial charge on any atom is 0.255 e. The molecule has 0 unspecified atom stereocenters. The van der Waals surface area contributed by atoms with Crippen molar-refractivity contribution in [3.8, 4) is 0 Å². The van der Waals surface area contributed by atoms with Gasteiger partial charge < -0.3 is 4.90 Å². The van der Waals surface area contributed by atoms with Gasteiger partial charge in [-0.3, -0.25) is 4.79 Å². The molecule has 1 aromatic carbocycles. The second-order valence-electron chi connectivity index (χ2n) is 4.49. The number of hydrogen-bond donors (Lipinski definition) is 0. The lowest BCUT2D eigenvalue weighted by molar-refractivity contribution is 0.0697. The van der Waals surface area contributed by atoms with Crippen LogP contribution >= 0.6 is 31.9 Å². The van der Waals surface area contributed by atoms with Crippen LogP contribution in [0.4, 0.5) is 4.39 Å². The minimum atomic E-state index is -0.392. The second kappa shape index (κ2) is 6.15. The number of alkyl halides is 1. The Morgan fingerprint density at radius 2 is 2.06 bits per heavy atom. The van der Waals surface area contributed by atoms with Crippen LogP contribution in [0.25, 0.3) is 0 Å². The monoisotopic (exact) mass is 377 g/mol. The van der Waals surface area contributed by atoms with Gasteiger partial charge in [0, 0.05) is 18.4 Å². The molecule has 18 heavy (non-hydrogen) atoms. The highest BCUT2D eigenvalue weighted by molar-refractivity contribution is 9.10. The molecule has 0 radical (unpaired) electrons. The quantitative estimate of drug-likeness (QED) is 0.716. The van der Waals surface area contributed by atoms with Crippen molar-refractivity contribution in [1.82, 2.24) is 4.90 Å². The lowest BCUT2D eigenvalue weighted by Crippen LogP contribution is -2.39. The SMILES string of the molecule is O=C(c1cccc(F)c1Br)N1CCC(CBr)CC1. The minimum Gasteiger partial charge on any atom is -0.339 e. The molecule has 1 aliphatic heterocycles. The van der Waals surface area contributed by atoms with Crippen LogP contribution in [0.3, 0.4) is 0 Å². The first kappa shape index (κ1) is 14.0. The Morgan fingerprint density at radius 1 is 1.39 bits per heavy atom. The van der Waals surface area contributed by atoms with E-state index >= 15 is 0 Å². The van der Waals surface area contributed by atoms with Gasteiger partial charge in [-0.05, 0) is 46.8 Å². The standard InChI is InChI=1S/C13H14Br2FNO/c14-8-9-4-6-17(7-5-9)13(18)10-2-1-3-11(16)12(10)15/h1-3,9H,4-8H2. The molecule has 0 spiro atoms. The summed E-state index contributed by atoms with van der Waals surface area (Å²) in [5, 5.41) is 0.985. The van der Waals surface area contributed by atoms with Gasteiger partial charge in [-0.15, -0.1) is 0 Å². The Hall–Kier alpha value is -0.420. The van der Waals surface area contributed by atoms with E-state index in [1.165, 1.54) is 6.07 Å². The lowest BCUT2D eigenvalue weighted by atomic mass is 9.98. The third-order valence-corrected chi connectivity index (χ3v) is 5.02. The molecule has 98 valence electrons. The summed E-state index contributed by atoms with van der Waals surface area (Å²) in [7, 11) is 0. The molecule has 2 rings (SSSR count). The van der Waals surface area contributed by atoms with Crippen molar-refractivity contribution < 1.29 is 9.18 Å². The van der Waals surface area contributed by atoms with Crippen molar-refractivity contribution in [3.63, 3.8) is 0 Å². The Morgan fingerprint density at radius 3 is 2.67 bits per heavy atom. The van der Waals surface area contributed by atoms with Crippen molar-refractivity contribution in [3.05, 3.63) is 34.1 Å². The van der Waals surface area contributed by atoms with Gasteiger partial charge in [0.05, 0.1) is 10.0 Å². The molecule has 0 atom stereocenters. The van der Waals surface area contributed by atoms with Crippen LogP contribution < -0.4 is 0 Å². The van der Waals surface area contributed by atoms with Crippen molar-refractivity contribution in [2.45, 2.75) is 12.8 Å². The smallest absolute Gasteiger partial charge is 0.255 e. The molecule has 5 heteroatoms. The van der Waals surface area contributed by atoms with Crippen LogP contribution in [0.2, 0.25) is 0 Å². The molecule has 1 saturated heterocycles. The van der Waals surface area contributed by atoms with Crippen molar-refractivity contribution in [2.75, 3.05) is 18.4 Å². The highest BCUT2D eigenvalue weighted by Gasteiger charge is 2.24. The second-order valence-corrected chi connectivity index (χ2v) is 5.93. The number of piperidine rings is 1. The molecule has 1 fully saturated rings. The first-order valence-corrected chi connectivity index (χ1v) is 7.84. The van der Waals surface area contributed by atoms with Crippen LogP contribution in [0, 0.1) is 11.7 Å². The first-order valence-electron chi connectivity index (χ1n) is 5.92. The van der Waals surface area contributed by atoms with Crippen LogP contribution in [0.15, 0.2) is 22.7 Å². The molecule has 0 aromatic heterocycles. The summed E-state index contributed by atoms with van der Waals surface area (Å²) in [6.07, 6.45) is 2.01. The normalized spacial score (nSPS) is 16.9. The number of halogens is 3. The molecule has 1 aromatic rings. The number of rotatable bonds is 2. The van der Waals surface area contributed by atoms with Gasteiger partial charge in [0.15, 0.2) is 0 Å². The van der Waals surface area contributed by atoms with E-state index in [2.05, 4.69) is 31.9 Å². The number of amides is 1. The van der Waals surface area contributed by atoms with E-state index in [-0.39, 0.29) is 10.4 Å². The van der Waals surface area contributed by atoms with E-state index in [4.69, 9.17) is 0 Å². The summed E-state index contributed by atoms with van der Waals surface area (Å²) in [5.74, 6) is 0.163. The maximum absolute atomic E-state index is 13.4. The summed E-state index contributed by atoms with van der Waals surface area (Å²) >= 11 is 6.62. The van der Waals surface area contributed by atoms with E-state index in [0.29, 0.717) is 11.5 Å². The zero-order valence-corrected chi connectivity index (χ0v) is 13.0. The predicted octanol–water partition coefficient (Wildman–Crippen LogP) is 3.84. The fraction of sp³-hybridized carbons (Fsp3) is 0.462. The molecule has 1 amide bonds. The van der Waals surface area contributed by atoms with Crippen molar-refractivity contribution >= 4 is 37.8 Å². The highest BCUT2D eigenvalue weighted by atomic mass is 79.9. The molecular formula is C13H14Br2FNO. The number of likely N-dealkylation sites (tertiary alicyclic amines) is 1. The van der Waals surface area contributed by atoms with Crippen LogP contribution in [0.1, 0.15) is 23.2 Å². The molecule has 0 N–H and O–H groups in total. The van der Waals surface area contributed by atoms with Crippen LogP contribution in [-0.2, 0) is 0 Å². The zero-order valence-electron chi connectivity index (χ0n) is 9.83. The summed E-state index contributed by atoms with van der Waals surface area (Å²) in [5.41, 5.74) is 0.410. The number of benzene rings is 1. The lowest BCUT2D eigenvalue weighted by Gasteiger charge is -2.31. The van der Waals surface area contributed by atoms with E-state index < -0.39 is 5.82 Å². The Bertz CT molecular complexity index is 445. The Kier molecular flexibility index (Phi) is 4.78. The first-order chi connectivity index (χ1) is 8.63. The van der Waals surface area contributed by atoms with E-state index in [0.717, 1.165) is 31.3 Å². The predicted molar refractivity (Wildman–Crippen MR) is 76.5 cm³/mol. The van der Waals surface area contributed by atoms with E-state index in [9.17, 15) is 9.18 Å². The zero-order chi connectivity index (χ0) is 13.1. The summed E-state index contributed by atoms with van der Waals surface area (Å²) in [6.45, 7) is 1.50. The molecule has 2 nitrogen and oxygen atoms in total. The summed E-state index contributed by atoms with van der Waals surface area (Å²) < 4.78 is 13.7. The molecule has 1 aliphatic rings. The van der Waals surface area contributed by atoms with Crippen LogP contribution in [0.5, 0.6) is 0 Å². The molecule has 0 bridgehead atoms. The Labute approximate surface area is 123 Å². The largest absolute Gasteiger partial charge is 0.339 e. The minimum absolute atomic E-state index is 0.0885. The molecule has 1 heterocycles. The average molecular weight is 379 g/mol. The highest BCUT2D eigenvalue weighted by Crippen LogP contribution is 2.25. The number of nitrogens with zero attached hydrogens (tertiary/aromatic N) is 1. The third-order valence-electron chi connectivity index (χ3n) is 3.30. The maximum atomic E-state index is 13.4. The molecule has 0 saturated carbocycles. The van der Waals surface area contributed by atoms with E-state index in [1.54, 1.807) is 17.0 Å². The van der Waals surface area contributed by atoms with Gasteiger partial charge in [-0.25, -0.2) is 4.39 Å². The fourth-order valence-electron chi connectivity index (χ4n) is 2.13. The molecular weight excluding hydrogens is 365 g/mol. The van der Waals surface area contributed by atoms with Crippen molar-refractivity contribution in [2.24, 2.45) is 5.92 Å². The average Bonchev–Trinajstić information content (AvgIpc) is 2.41. The molecule has 0 aliphatic carbocycles. The van der Waals surface area contributed by atoms with Crippen LogP contribution in [-0.4, -0.2) is 29.2 Å². The van der Waals surface area contributed by atoms with E-state index in [1.807, 2.05) is 0 Å². The third kappa shape index (κ3) is 2.94. The van der Waals surface area contributed by atoms with Gasteiger partial charge in [0.1, 0.15) is 5.82 Å². The van der Waals surface area contributed by atoms with Crippen molar-refractivity contribution in [1.29, 1.82) is 0 Å². The summed E-state index contributed by atoms with van der Waals surface area (Å²) in [6, 6.07) is 4.57. The number of carbonyl (C=O) groups excluding carboxylic acids is 1.